The van der Waals surface area contributed by atoms with E-state index in [1.54, 1.807) is 0 Å². The topological polar surface area (TPSA) is 13.1 Å². The third kappa shape index (κ3) is 2.38. The lowest BCUT2D eigenvalue weighted by Gasteiger charge is -2.21. The summed E-state index contributed by atoms with van der Waals surface area (Å²) in [6.07, 6.45) is 0. The van der Waals surface area contributed by atoms with E-state index in [0.29, 0.717) is 0 Å². The Hall–Kier alpha value is -4.62. The Morgan fingerprint density at radius 2 is 1.16 bits per heavy atom. The predicted octanol–water partition coefficient (Wildman–Crippen LogP) is 10.5. The number of hydrogen-bond donors (Lipinski definition) is 0. The Bertz CT molecular complexity index is 2310. The van der Waals surface area contributed by atoms with E-state index in [1.165, 1.54) is 76.1 Å². The second-order valence-electron chi connectivity index (χ2n) is 11.3. The highest BCUT2D eigenvalue weighted by Crippen LogP contribution is 2.52. The van der Waals surface area contributed by atoms with Crippen LogP contribution in [0, 0.1) is 0 Å². The summed E-state index contributed by atoms with van der Waals surface area (Å²) in [5.41, 5.74) is 7.26. The van der Waals surface area contributed by atoms with Crippen molar-refractivity contribution in [3.05, 3.63) is 120 Å². The third-order valence-corrected chi connectivity index (χ3v) is 9.02. The molecule has 0 saturated carbocycles. The molecule has 1 heterocycles. The van der Waals surface area contributed by atoms with Crippen LogP contribution in [0.25, 0.3) is 76.2 Å². The summed E-state index contributed by atoms with van der Waals surface area (Å²) < 4.78 is 6.63. The normalized spacial score (nSPS) is 14.3. The van der Waals surface area contributed by atoms with E-state index >= 15 is 0 Å². The first kappa shape index (κ1) is 20.4. The Balaban J connectivity index is 1.54. The number of furan rings is 1. The lowest BCUT2D eigenvalue weighted by Crippen LogP contribution is -2.14. The second-order valence-corrected chi connectivity index (χ2v) is 11.3. The molecule has 0 atom stereocenters. The van der Waals surface area contributed by atoms with Crippen LogP contribution in [0.15, 0.2) is 114 Å². The van der Waals surface area contributed by atoms with Gasteiger partial charge >= 0.3 is 0 Å². The van der Waals surface area contributed by atoms with Gasteiger partial charge in [0.25, 0.3) is 0 Å². The lowest BCUT2D eigenvalue weighted by molar-refractivity contribution is 0.647. The van der Waals surface area contributed by atoms with Gasteiger partial charge in [0.15, 0.2) is 0 Å². The maximum Gasteiger partial charge on any atom is 0.136 e. The van der Waals surface area contributed by atoms with E-state index in [9.17, 15) is 0 Å². The molecule has 0 aliphatic heterocycles. The summed E-state index contributed by atoms with van der Waals surface area (Å²) in [6.45, 7) is 4.65. The van der Waals surface area contributed by atoms with E-state index in [2.05, 4.69) is 123 Å². The van der Waals surface area contributed by atoms with Crippen LogP contribution in [0.5, 0.6) is 0 Å². The molecule has 0 radical (unpaired) electrons. The van der Waals surface area contributed by atoms with Crippen molar-refractivity contribution in [2.75, 3.05) is 0 Å². The minimum Gasteiger partial charge on any atom is -0.456 e. The SMILES string of the molecule is CC1(C)c2ccccc2-c2cc3c(cc21)oc1ccc2c4c5ccccc5ccc4c4ccccc4c2c13. The summed E-state index contributed by atoms with van der Waals surface area (Å²) >= 11 is 0. The molecule has 0 bridgehead atoms. The quantitative estimate of drug-likeness (QED) is 0.195. The summed E-state index contributed by atoms with van der Waals surface area (Å²) in [6, 6.07) is 40.1. The van der Waals surface area contributed by atoms with Crippen molar-refractivity contribution in [2.24, 2.45) is 0 Å². The Labute approximate surface area is 219 Å². The first-order valence-electron chi connectivity index (χ1n) is 13.4. The molecule has 1 nitrogen and oxygen atoms in total. The molecule has 7 aromatic carbocycles. The van der Waals surface area contributed by atoms with Crippen molar-refractivity contribution in [3.8, 4) is 11.1 Å². The van der Waals surface area contributed by atoms with Crippen molar-refractivity contribution < 1.29 is 4.42 Å². The standard InChI is InChI=1S/C37H24O/c1-37(2)30-14-8-7-12-24(30)28-19-29-33(20-31(28)37)38-32-18-17-27-34-22-10-4-3-9-21(22)15-16-26(34)23-11-5-6-13-25(23)35(27)36(29)32/h3-20H,1-2H3. The van der Waals surface area contributed by atoms with Gasteiger partial charge in [-0.05, 0) is 84.2 Å². The van der Waals surface area contributed by atoms with Crippen LogP contribution >= 0.6 is 0 Å². The number of rotatable bonds is 0. The number of hydrogen-bond acceptors (Lipinski definition) is 1. The molecule has 0 fully saturated rings. The van der Waals surface area contributed by atoms with Crippen LogP contribution in [-0.4, -0.2) is 0 Å². The number of benzene rings is 7. The molecule has 8 aromatic rings. The first-order chi connectivity index (χ1) is 18.6. The van der Waals surface area contributed by atoms with Crippen LogP contribution < -0.4 is 0 Å². The molecule has 0 saturated heterocycles. The largest absolute Gasteiger partial charge is 0.456 e. The predicted molar refractivity (Wildman–Crippen MR) is 161 cm³/mol. The van der Waals surface area contributed by atoms with Gasteiger partial charge < -0.3 is 4.42 Å². The molecule has 1 aliphatic rings. The van der Waals surface area contributed by atoms with Gasteiger partial charge in [-0.2, -0.15) is 0 Å². The smallest absolute Gasteiger partial charge is 0.136 e. The highest BCUT2D eigenvalue weighted by molar-refractivity contribution is 6.38. The van der Waals surface area contributed by atoms with E-state index < -0.39 is 0 Å². The maximum absolute atomic E-state index is 6.63. The Morgan fingerprint density at radius 3 is 2.05 bits per heavy atom. The molecular formula is C37H24O. The van der Waals surface area contributed by atoms with Crippen molar-refractivity contribution in [3.63, 3.8) is 0 Å². The van der Waals surface area contributed by atoms with Crippen LogP contribution in [0.3, 0.4) is 0 Å². The average Bonchev–Trinajstić information content (AvgIpc) is 3.43. The highest BCUT2D eigenvalue weighted by Gasteiger charge is 2.36. The number of fused-ring (bicyclic) bond motifs is 15. The van der Waals surface area contributed by atoms with Crippen LogP contribution in [-0.2, 0) is 5.41 Å². The average molecular weight is 485 g/mol. The van der Waals surface area contributed by atoms with Gasteiger partial charge in [-0.15, -0.1) is 0 Å². The second kappa shape index (κ2) is 6.82. The molecule has 178 valence electrons. The summed E-state index contributed by atoms with van der Waals surface area (Å²) in [5, 5.41) is 12.7. The third-order valence-electron chi connectivity index (χ3n) is 9.02. The van der Waals surface area contributed by atoms with Gasteiger partial charge in [-0.25, -0.2) is 0 Å². The van der Waals surface area contributed by atoms with Crippen molar-refractivity contribution in [1.29, 1.82) is 0 Å². The van der Waals surface area contributed by atoms with Gasteiger partial charge in [-0.3, -0.25) is 0 Å². The van der Waals surface area contributed by atoms with Gasteiger partial charge in [-0.1, -0.05) is 98.8 Å². The van der Waals surface area contributed by atoms with E-state index in [-0.39, 0.29) is 5.41 Å². The Kier molecular flexibility index (Phi) is 3.67. The van der Waals surface area contributed by atoms with Crippen LogP contribution in [0.1, 0.15) is 25.0 Å². The minimum atomic E-state index is -0.0526. The molecule has 1 aromatic heterocycles. The van der Waals surface area contributed by atoms with E-state index in [4.69, 9.17) is 4.42 Å². The molecule has 0 spiro atoms. The van der Waals surface area contributed by atoms with Gasteiger partial charge in [0.1, 0.15) is 11.2 Å². The van der Waals surface area contributed by atoms with Crippen molar-refractivity contribution >= 4 is 65.0 Å². The zero-order chi connectivity index (χ0) is 25.2. The van der Waals surface area contributed by atoms with Crippen molar-refractivity contribution in [1.82, 2.24) is 0 Å². The molecule has 1 aliphatic carbocycles. The Morgan fingerprint density at radius 1 is 0.447 bits per heavy atom. The molecule has 0 unspecified atom stereocenters. The zero-order valence-corrected chi connectivity index (χ0v) is 21.3. The molecule has 1 heteroatoms. The fraction of sp³-hybridized carbons (Fsp3) is 0.0811. The van der Waals surface area contributed by atoms with Crippen LogP contribution in [0.2, 0.25) is 0 Å². The van der Waals surface area contributed by atoms with Gasteiger partial charge in [0, 0.05) is 21.6 Å². The highest BCUT2D eigenvalue weighted by atomic mass is 16.3. The molecule has 0 amide bonds. The van der Waals surface area contributed by atoms with Crippen LogP contribution in [0.4, 0.5) is 0 Å². The fourth-order valence-corrected chi connectivity index (χ4v) is 7.27. The minimum absolute atomic E-state index is 0.0526. The lowest BCUT2D eigenvalue weighted by atomic mass is 9.82. The first-order valence-corrected chi connectivity index (χ1v) is 13.4. The van der Waals surface area contributed by atoms with E-state index in [1.807, 2.05) is 0 Å². The molecule has 9 rings (SSSR count). The van der Waals surface area contributed by atoms with Gasteiger partial charge in [0.05, 0.1) is 0 Å². The monoisotopic (exact) mass is 484 g/mol. The fourth-order valence-electron chi connectivity index (χ4n) is 7.27. The summed E-state index contributed by atoms with van der Waals surface area (Å²) in [4.78, 5) is 0. The molecule has 38 heavy (non-hydrogen) atoms. The molecular weight excluding hydrogens is 460 g/mol. The molecule has 0 N–H and O–H groups in total. The van der Waals surface area contributed by atoms with Gasteiger partial charge in [0.2, 0.25) is 0 Å². The zero-order valence-electron chi connectivity index (χ0n) is 21.3. The van der Waals surface area contributed by atoms with Crippen molar-refractivity contribution in [2.45, 2.75) is 19.3 Å². The summed E-state index contributed by atoms with van der Waals surface area (Å²) in [5.74, 6) is 0. The maximum atomic E-state index is 6.63. The van der Waals surface area contributed by atoms with E-state index in [0.717, 1.165) is 11.2 Å². The summed E-state index contributed by atoms with van der Waals surface area (Å²) in [7, 11) is 0.